The molecule has 1 amide bonds. The summed E-state index contributed by atoms with van der Waals surface area (Å²) in [5, 5.41) is 2.83. The second-order valence-electron chi connectivity index (χ2n) is 4.56. The van der Waals surface area contributed by atoms with Crippen LogP contribution >= 0.6 is 11.6 Å². The van der Waals surface area contributed by atoms with Crippen LogP contribution in [0.25, 0.3) is 0 Å². The summed E-state index contributed by atoms with van der Waals surface area (Å²) in [7, 11) is 0. The largest absolute Gasteiger partial charge is 0.368 e. The summed E-state index contributed by atoms with van der Waals surface area (Å²) in [5.74, 6) is 0.665. The van der Waals surface area contributed by atoms with Crippen LogP contribution in [0.15, 0.2) is 0 Å². The SMILES string of the molecule is CC(C)C(Cl)CNC(=O)C1OCCC1C. The van der Waals surface area contributed by atoms with Gasteiger partial charge in [-0.15, -0.1) is 11.6 Å². The van der Waals surface area contributed by atoms with E-state index in [1.165, 1.54) is 0 Å². The molecule has 1 fully saturated rings. The standard InChI is InChI=1S/C11H20ClNO2/c1-7(2)9(12)6-13-11(14)10-8(3)4-5-15-10/h7-10H,4-6H2,1-3H3,(H,13,14). The normalized spacial score (nSPS) is 28.1. The van der Waals surface area contributed by atoms with E-state index in [1.807, 2.05) is 20.8 Å². The molecule has 0 aliphatic carbocycles. The molecule has 15 heavy (non-hydrogen) atoms. The third kappa shape index (κ3) is 3.65. The Morgan fingerprint density at radius 1 is 1.60 bits per heavy atom. The first-order chi connectivity index (χ1) is 7.02. The third-order valence-corrected chi connectivity index (χ3v) is 3.50. The summed E-state index contributed by atoms with van der Waals surface area (Å²) < 4.78 is 5.36. The van der Waals surface area contributed by atoms with Crippen LogP contribution in [0.2, 0.25) is 0 Å². The molecule has 0 aromatic carbocycles. The van der Waals surface area contributed by atoms with E-state index < -0.39 is 0 Å². The van der Waals surface area contributed by atoms with Crippen LogP contribution in [-0.2, 0) is 9.53 Å². The summed E-state index contributed by atoms with van der Waals surface area (Å²) in [6.45, 7) is 7.33. The van der Waals surface area contributed by atoms with Crippen molar-refractivity contribution in [1.82, 2.24) is 5.32 Å². The third-order valence-electron chi connectivity index (χ3n) is 2.84. The average molecular weight is 234 g/mol. The van der Waals surface area contributed by atoms with E-state index in [2.05, 4.69) is 5.32 Å². The lowest BCUT2D eigenvalue weighted by atomic mass is 10.0. The molecule has 0 radical (unpaired) electrons. The Bertz CT molecular complexity index is 221. The summed E-state index contributed by atoms with van der Waals surface area (Å²) >= 11 is 6.05. The van der Waals surface area contributed by atoms with Gasteiger partial charge >= 0.3 is 0 Å². The molecule has 1 saturated heterocycles. The van der Waals surface area contributed by atoms with Crippen molar-refractivity contribution in [2.75, 3.05) is 13.2 Å². The summed E-state index contributed by atoms with van der Waals surface area (Å²) in [4.78, 5) is 11.7. The van der Waals surface area contributed by atoms with Gasteiger partial charge in [0, 0.05) is 13.2 Å². The van der Waals surface area contributed by atoms with Crippen molar-refractivity contribution in [2.24, 2.45) is 11.8 Å². The second-order valence-corrected chi connectivity index (χ2v) is 5.12. The molecule has 88 valence electrons. The zero-order valence-corrected chi connectivity index (χ0v) is 10.4. The minimum absolute atomic E-state index is 0.00865. The van der Waals surface area contributed by atoms with Crippen LogP contribution in [0.5, 0.6) is 0 Å². The van der Waals surface area contributed by atoms with Crippen molar-refractivity contribution in [3.05, 3.63) is 0 Å². The topological polar surface area (TPSA) is 38.3 Å². The Morgan fingerprint density at radius 3 is 2.73 bits per heavy atom. The summed E-state index contributed by atoms with van der Waals surface area (Å²) in [5.41, 5.74) is 0. The molecule has 0 aromatic rings. The number of nitrogens with one attached hydrogen (secondary N) is 1. The monoisotopic (exact) mass is 233 g/mol. The van der Waals surface area contributed by atoms with E-state index in [0.717, 1.165) is 6.42 Å². The van der Waals surface area contributed by atoms with Gasteiger partial charge in [-0.3, -0.25) is 4.79 Å². The minimum atomic E-state index is -0.277. The first-order valence-electron chi connectivity index (χ1n) is 5.55. The van der Waals surface area contributed by atoms with Crippen molar-refractivity contribution in [2.45, 2.75) is 38.7 Å². The van der Waals surface area contributed by atoms with Crippen molar-refractivity contribution in [3.8, 4) is 0 Å². The molecule has 3 nitrogen and oxygen atoms in total. The molecule has 1 heterocycles. The Labute approximate surface area is 96.5 Å². The number of hydrogen-bond donors (Lipinski definition) is 1. The first kappa shape index (κ1) is 12.8. The number of carbonyl (C=O) groups is 1. The number of ether oxygens (including phenoxy) is 1. The van der Waals surface area contributed by atoms with Crippen molar-refractivity contribution >= 4 is 17.5 Å². The van der Waals surface area contributed by atoms with Gasteiger partial charge in [-0.25, -0.2) is 0 Å². The Hall–Kier alpha value is -0.280. The molecule has 0 bridgehead atoms. The van der Waals surface area contributed by atoms with E-state index in [-0.39, 0.29) is 17.4 Å². The van der Waals surface area contributed by atoms with E-state index >= 15 is 0 Å². The van der Waals surface area contributed by atoms with E-state index in [9.17, 15) is 4.79 Å². The molecule has 0 aromatic heterocycles. The number of amides is 1. The van der Waals surface area contributed by atoms with E-state index in [4.69, 9.17) is 16.3 Å². The maximum atomic E-state index is 11.7. The number of rotatable bonds is 4. The fourth-order valence-corrected chi connectivity index (χ4v) is 1.64. The van der Waals surface area contributed by atoms with Gasteiger partial charge in [0.05, 0.1) is 5.38 Å². The number of halogens is 1. The van der Waals surface area contributed by atoms with Crippen LogP contribution in [0.3, 0.4) is 0 Å². The smallest absolute Gasteiger partial charge is 0.249 e. The molecular formula is C11H20ClNO2. The predicted molar refractivity (Wildman–Crippen MR) is 61.0 cm³/mol. The van der Waals surface area contributed by atoms with Gasteiger partial charge in [0.15, 0.2) is 0 Å². The fourth-order valence-electron chi connectivity index (χ4n) is 1.57. The van der Waals surface area contributed by atoms with Crippen LogP contribution in [0.4, 0.5) is 0 Å². The lowest BCUT2D eigenvalue weighted by molar-refractivity contribution is -0.131. The maximum Gasteiger partial charge on any atom is 0.249 e. The molecule has 3 atom stereocenters. The van der Waals surface area contributed by atoms with Crippen LogP contribution in [0, 0.1) is 11.8 Å². The Kier molecular flexibility index (Phi) is 4.87. The molecule has 1 aliphatic heterocycles. The summed E-state index contributed by atoms with van der Waals surface area (Å²) in [6.07, 6.45) is 0.688. The number of alkyl halides is 1. The predicted octanol–water partition coefficient (Wildman–Crippen LogP) is 1.79. The van der Waals surface area contributed by atoms with E-state index in [1.54, 1.807) is 0 Å². The minimum Gasteiger partial charge on any atom is -0.368 e. The van der Waals surface area contributed by atoms with Crippen molar-refractivity contribution in [1.29, 1.82) is 0 Å². The fraction of sp³-hybridized carbons (Fsp3) is 0.909. The van der Waals surface area contributed by atoms with Crippen LogP contribution < -0.4 is 5.32 Å². The zero-order valence-electron chi connectivity index (χ0n) is 9.63. The molecule has 3 unspecified atom stereocenters. The van der Waals surface area contributed by atoms with Crippen LogP contribution in [0.1, 0.15) is 27.2 Å². The molecule has 1 rings (SSSR count). The maximum absolute atomic E-state index is 11.7. The van der Waals surface area contributed by atoms with Gasteiger partial charge in [-0.2, -0.15) is 0 Å². The zero-order chi connectivity index (χ0) is 11.4. The first-order valence-corrected chi connectivity index (χ1v) is 5.99. The van der Waals surface area contributed by atoms with Gasteiger partial charge in [0.25, 0.3) is 0 Å². The molecule has 0 saturated carbocycles. The highest BCUT2D eigenvalue weighted by atomic mass is 35.5. The highest BCUT2D eigenvalue weighted by Crippen LogP contribution is 2.20. The molecular weight excluding hydrogens is 214 g/mol. The lowest BCUT2D eigenvalue weighted by Crippen LogP contribution is -2.40. The highest BCUT2D eigenvalue weighted by molar-refractivity contribution is 6.21. The Balaban J connectivity index is 2.29. The van der Waals surface area contributed by atoms with Gasteiger partial charge in [0.2, 0.25) is 5.91 Å². The number of hydrogen-bond acceptors (Lipinski definition) is 2. The van der Waals surface area contributed by atoms with E-state index in [0.29, 0.717) is 25.0 Å². The van der Waals surface area contributed by atoms with Gasteiger partial charge in [0.1, 0.15) is 6.10 Å². The second kappa shape index (κ2) is 5.71. The van der Waals surface area contributed by atoms with Crippen molar-refractivity contribution in [3.63, 3.8) is 0 Å². The van der Waals surface area contributed by atoms with Gasteiger partial charge in [-0.05, 0) is 18.3 Å². The van der Waals surface area contributed by atoms with Gasteiger partial charge < -0.3 is 10.1 Å². The molecule has 4 heteroatoms. The molecule has 0 spiro atoms. The number of carbonyl (C=O) groups excluding carboxylic acids is 1. The molecule has 1 N–H and O–H groups in total. The quantitative estimate of drug-likeness (QED) is 0.752. The Morgan fingerprint density at radius 2 is 2.27 bits per heavy atom. The highest BCUT2D eigenvalue weighted by Gasteiger charge is 2.30. The average Bonchev–Trinajstić information content (AvgIpc) is 2.60. The lowest BCUT2D eigenvalue weighted by Gasteiger charge is -2.18. The van der Waals surface area contributed by atoms with Gasteiger partial charge in [-0.1, -0.05) is 20.8 Å². The summed E-state index contributed by atoms with van der Waals surface area (Å²) in [6, 6.07) is 0. The molecule has 1 aliphatic rings. The van der Waals surface area contributed by atoms with Crippen LogP contribution in [-0.4, -0.2) is 30.5 Å². The van der Waals surface area contributed by atoms with Crippen molar-refractivity contribution < 1.29 is 9.53 Å².